The van der Waals surface area contributed by atoms with Gasteiger partial charge in [0.2, 0.25) is 0 Å². The summed E-state index contributed by atoms with van der Waals surface area (Å²) in [7, 11) is 5.07. The molecule has 0 aliphatic rings. The normalized spacial score (nSPS) is 10.7. The number of benzene rings is 1. The van der Waals surface area contributed by atoms with Crippen LogP contribution in [-0.2, 0) is 6.42 Å². The third-order valence-corrected chi connectivity index (χ3v) is 3.64. The van der Waals surface area contributed by atoms with Gasteiger partial charge in [0, 0.05) is 18.5 Å². The first kappa shape index (κ1) is 14.7. The predicted molar refractivity (Wildman–Crippen MR) is 83.4 cm³/mol. The number of nitrogens with zero attached hydrogens (tertiary/aromatic N) is 1. The van der Waals surface area contributed by atoms with Crippen LogP contribution >= 0.6 is 11.6 Å². The molecule has 0 amide bonds. The van der Waals surface area contributed by atoms with Crippen molar-refractivity contribution in [2.24, 2.45) is 0 Å². The largest absolute Gasteiger partial charge is 0.495 e. The molecule has 4 nitrogen and oxygen atoms in total. The van der Waals surface area contributed by atoms with Gasteiger partial charge in [0.05, 0.1) is 19.2 Å². The molecule has 0 atom stereocenters. The van der Waals surface area contributed by atoms with Crippen molar-refractivity contribution in [1.29, 1.82) is 0 Å². The summed E-state index contributed by atoms with van der Waals surface area (Å²) in [6, 6.07) is 3.82. The van der Waals surface area contributed by atoms with Gasteiger partial charge in [-0.3, -0.25) is 0 Å². The Bertz CT molecular complexity index is 629. The van der Waals surface area contributed by atoms with Crippen molar-refractivity contribution in [3.05, 3.63) is 22.7 Å². The van der Waals surface area contributed by atoms with E-state index in [1.165, 1.54) is 0 Å². The minimum Gasteiger partial charge on any atom is -0.495 e. The Morgan fingerprint density at radius 2 is 1.90 bits per heavy atom. The van der Waals surface area contributed by atoms with Crippen LogP contribution in [0.25, 0.3) is 10.9 Å². The molecule has 0 bridgehead atoms. The first-order chi connectivity index (χ1) is 9.65. The Morgan fingerprint density at radius 3 is 2.45 bits per heavy atom. The lowest BCUT2D eigenvalue weighted by molar-refractivity contribution is 0.397. The average Bonchev–Trinajstić information content (AvgIpc) is 2.48. The van der Waals surface area contributed by atoms with Gasteiger partial charge < -0.3 is 14.8 Å². The van der Waals surface area contributed by atoms with Crippen LogP contribution in [0.3, 0.4) is 0 Å². The maximum Gasteiger partial charge on any atom is 0.148 e. The molecule has 1 aromatic heterocycles. The van der Waals surface area contributed by atoms with Crippen molar-refractivity contribution in [3.63, 3.8) is 0 Å². The molecule has 1 N–H and O–H groups in total. The number of ether oxygens (including phenoxy) is 2. The number of aromatic nitrogens is 1. The smallest absolute Gasteiger partial charge is 0.148 e. The van der Waals surface area contributed by atoms with Gasteiger partial charge in [0.15, 0.2) is 0 Å². The molecule has 0 aliphatic carbocycles. The number of hydrogen-bond donors (Lipinski definition) is 1. The van der Waals surface area contributed by atoms with Crippen LogP contribution in [0, 0.1) is 0 Å². The molecule has 0 saturated carbocycles. The number of nitrogens with one attached hydrogen (secondary N) is 1. The van der Waals surface area contributed by atoms with E-state index in [4.69, 9.17) is 21.1 Å². The van der Waals surface area contributed by atoms with Gasteiger partial charge in [-0.05, 0) is 18.1 Å². The van der Waals surface area contributed by atoms with Crippen LogP contribution < -0.4 is 14.8 Å². The van der Waals surface area contributed by atoms with Crippen LogP contribution in [0.1, 0.15) is 18.9 Å². The molecule has 0 unspecified atom stereocenters. The number of halogens is 1. The van der Waals surface area contributed by atoms with E-state index in [9.17, 15) is 0 Å². The number of aryl methyl sites for hydroxylation is 1. The van der Waals surface area contributed by atoms with Gasteiger partial charge in [-0.25, -0.2) is 4.98 Å². The highest BCUT2D eigenvalue weighted by Gasteiger charge is 2.16. The quantitative estimate of drug-likeness (QED) is 0.908. The van der Waals surface area contributed by atoms with E-state index < -0.39 is 0 Å². The van der Waals surface area contributed by atoms with Gasteiger partial charge in [0.1, 0.15) is 22.8 Å². The van der Waals surface area contributed by atoms with Crippen molar-refractivity contribution in [1.82, 2.24) is 4.98 Å². The Labute approximate surface area is 124 Å². The minimum absolute atomic E-state index is 0.566. The number of hydrogen-bond acceptors (Lipinski definition) is 4. The Hall–Kier alpha value is -1.68. The summed E-state index contributed by atoms with van der Waals surface area (Å²) < 4.78 is 10.7. The highest BCUT2D eigenvalue weighted by atomic mass is 35.5. The molecule has 1 heterocycles. The average molecular weight is 295 g/mol. The molecule has 0 aliphatic heterocycles. The third kappa shape index (κ3) is 2.48. The minimum atomic E-state index is 0.566. The fourth-order valence-electron chi connectivity index (χ4n) is 2.27. The van der Waals surface area contributed by atoms with Crippen molar-refractivity contribution in [3.8, 4) is 11.5 Å². The number of methoxy groups -OCH3 is 2. The monoisotopic (exact) mass is 294 g/mol. The SMILES string of the molecule is CCCc1cc2c(Cl)c(OC)cc(OC)c2nc1NC. The molecule has 1 aromatic carbocycles. The highest BCUT2D eigenvalue weighted by Crippen LogP contribution is 2.39. The maximum absolute atomic E-state index is 6.40. The molecular weight excluding hydrogens is 276 g/mol. The fourth-order valence-corrected chi connectivity index (χ4v) is 2.55. The van der Waals surface area contributed by atoms with Crippen molar-refractivity contribution < 1.29 is 9.47 Å². The van der Waals surface area contributed by atoms with Crippen LogP contribution in [-0.4, -0.2) is 26.3 Å². The first-order valence-corrected chi connectivity index (χ1v) is 6.95. The Kier molecular flexibility index (Phi) is 4.55. The summed E-state index contributed by atoms with van der Waals surface area (Å²) in [5.74, 6) is 2.11. The lowest BCUT2D eigenvalue weighted by Crippen LogP contribution is -2.01. The highest BCUT2D eigenvalue weighted by molar-refractivity contribution is 6.37. The van der Waals surface area contributed by atoms with E-state index in [0.29, 0.717) is 16.5 Å². The van der Waals surface area contributed by atoms with E-state index in [1.54, 1.807) is 20.3 Å². The Morgan fingerprint density at radius 1 is 1.20 bits per heavy atom. The first-order valence-electron chi connectivity index (χ1n) is 6.58. The van der Waals surface area contributed by atoms with Crippen LogP contribution in [0.2, 0.25) is 5.02 Å². The molecule has 0 spiro atoms. The van der Waals surface area contributed by atoms with Gasteiger partial charge in [0.25, 0.3) is 0 Å². The van der Waals surface area contributed by atoms with E-state index in [0.717, 1.165) is 35.1 Å². The summed E-state index contributed by atoms with van der Waals surface area (Å²) in [6.07, 6.45) is 1.98. The van der Waals surface area contributed by atoms with Crippen LogP contribution in [0.15, 0.2) is 12.1 Å². The molecule has 108 valence electrons. The van der Waals surface area contributed by atoms with Crippen molar-refractivity contribution in [2.45, 2.75) is 19.8 Å². The van der Waals surface area contributed by atoms with Gasteiger partial charge in [-0.15, -0.1) is 0 Å². The van der Waals surface area contributed by atoms with Crippen LogP contribution in [0.4, 0.5) is 5.82 Å². The van der Waals surface area contributed by atoms with Gasteiger partial charge in [-0.1, -0.05) is 24.9 Å². The zero-order valence-electron chi connectivity index (χ0n) is 12.2. The second-order valence-electron chi connectivity index (χ2n) is 4.49. The van der Waals surface area contributed by atoms with E-state index in [1.807, 2.05) is 7.05 Å². The zero-order chi connectivity index (χ0) is 14.7. The van der Waals surface area contributed by atoms with E-state index >= 15 is 0 Å². The third-order valence-electron chi connectivity index (χ3n) is 3.25. The van der Waals surface area contributed by atoms with Crippen molar-refractivity contribution >= 4 is 28.3 Å². The second-order valence-corrected chi connectivity index (χ2v) is 4.87. The number of pyridine rings is 1. The standard InChI is InChI=1S/C15H19ClN2O2/c1-5-6-9-7-10-13(16)11(19-3)8-12(20-4)14(10)18-15(9)17-2/h7-8H,5-6H2,1-4H3,(H,17,18). The number of anilines is 1. The van der Waals surface area contributed by atoms with Crippen molar-refractivity contribution in [2.75, 3.05) is 26.6 Å². The summed E-state index contributed by atoms with van der Waals surface area (Å²) >= 11 is 6.40. The van der Waals surface area contributed by atoms with E-state index in [2.05, 4.69) is 23.3 Å². The fraction of sp³-hybridized carbons (Fsp3) is 0.400. The summed E-state index contributed by atoms with van der Waals surface area (Å²) in [5, 5.41) is 4.55. The maximum atomic E-state index is 6.40. The lowest BCUT2D eigenvalue weighted by Gasteiger charge is -2.14. The molecule has 2 aromatic rings. The molecule has 5 heteroatoms. The van der Waals surface area contributed by atoms with E-state index in [-0.39, 0.29) is 0 Å². The molecule has 2 rings (SSSR count). The molecule has 20 heavy (non-hydrogen) atoms. The van der Waals surface area contributed by atoms with Crippen LogP contribution in [0.5, 0.6) is 11.5 Å². The number of fused-ring (bicyclic) bond motifs is 1. The number of rotatable bonds is 5. The second kappa shape index (κ2) is 6.18. The lowest BCUT2D eigenvalue weighted by atomic mass is 10.1. The summed E-state index contributed by atoms with van der Waals surface area (Å²) in [4.78, 5) is 4.64. The predicted octanol–water partition coefficient (Wildman–Crippen LogP) is 3.90. The van der Waals surface area contributed by atoms with Gasteiger partial charge >= 0.3 is 0 Å². The summed E-state index contributed by atoms with van der Waals surface area (Å²) in [6.45, 7) is 2.14. The molecule has 0 fully saturated rings. The Balaban J connectivity index is 2.79. The van der Waals surface area contributed by atoms with Gasteiger partial charge in [-0.2, -0.15) is 0 Å². The zero-order valence-corrected chi connectivity index (χ0v) is 13.0. The summed E-state index contributed by atoms with van der Waals surface area (Å²) in [5.41, 5.74) is 1.88. The molecule has 0 saturated heterocycles. The molecule has 0 radical (unpaired) electrons. The topological polar surface area (TPSA) is 43.4 Å². The molecular formula is C15H19ClN2O2.